The summed E-state index contributed by atoms with van der Waals surface area (Å²) in [6.07, 6.45) is 6.72. The molecule has 124 valence electrons. The van der Waals surface area contributed by atoms with Crippen molar-refractivity contribution in [3.63, 3.8) is 0 Å². The lowest BCUT2D eigenvalue weighted by atomic mass is 10.0. The Labute approximate surface area is 141 Å². The summed E-state index contributed by atoms with van der Waals surface area (Å²) in [6, 6.07) is 7.69. The molecule has 0 saturated carbocycles. The van der Waals surface area contributed by atoms with Crippen LogP contribution in [0.15, 0.2) is 35.4 Å². The van der Waals surface area contributed by atoms with Gasteiger partial charge in [-0.25, -0.2) is 0 Å². The zero-order valence-electron chi connectivity index (χ0n) is 13.7. The van der Waals surface area contributed by atoms with Crippen molar-refractivity contribution >= 4 is 12.0 Å². The molecular weight excluding hydrogens is 304 g/mol. The lowest BCUT2D eigenvalue weighted by molar-refractivity contribution is -0.127. The van der Waals surface area contributed by atoms with Crippen LogP contribution >= 0.6 is 0 Å². The highest BCUT2D eigenvalue weighted by Gasteiger charge is 2.21. The summed E-state index contributed by atoms with van der Waals surface area (Å²) in [6.45, 7) is 1.77. The number of carbonyl (C=O) groups is 1. The minimum Gasteiger partial charge on any atom is -0.493 e. The van der Waals surface area contributed by atoms with Crippen molar-refractivity contribution in [2.75, 3.05) is 26.8 Å². The predicted octanol–water partition coefficient (Wildman–Crippen LogP) is 2.93. The Morgan fingerprint density at radius 2 is 2.12 bits per heavy atom. The van der Waals surface area contributed by atoms with Gasteiger partial charge in [0.25, 0.3) is 5.91 Å². The number of nitrogens with zero attached hydrogens (tertiary/aromatic N) is 2. The van der Waals surface area contributed by atoms with Gasteiger partial charge < -0.3 is 14.4 Å². The van der Waals surface area contributed by atoms with Crippen molar-refractivity contribution < 1.29 is 14.3 Å². The molecule has 0 unspecified atom stereocenters. The van der Waals surface area contributed by atoms with Crippen molar-refractivity contribution in [3.05, 3.63) is 41.0 Å². The van der Waals surface area contributed by atoms with E-state index in [0.29, 0.717) is 18.1 Å². The van der Waals surface area contributed by atoms with Gasteiger partial charge in [0.1, 0.15) is 18.2 Å². The average Bonchev–Trinajstić information content (AvgIpc) is 2.65. The number of benzene rings is 1. The number of piperidine rings is 1. The number of nitriles is 1. The van der Waals surface area contributed by atoms with Gasteiger partial charge in [-0.2, -0.15) is 5.26 Å². The summed E-state index contributed by atoms with van der Waals surface area (Å²) < 4.78 is 11.0. The summed E-state index contributed by atoms with van der Waals surface area (Å²) in [7, 11) is 1.60. The monoisotopic (exact) mass is 324 g/mol. The van der Waals surface area contributed by atoms with Crippen LogP contribution in [0.3, 0.4) is 0 Å². The number of likely N-dealkylation sites (tertiary alicyclic amines) is 1. The Bertz CT molecular complexity index is 737. The Balaban J connectivity index is 1.85. The Kier molecular flexibility index (Phi) is 4.85. The first kappa shape index (κ1) is 16.1. The highest BCUT2D eigenvalue weighted by Crippen LogP contribution is 2.35. The smallest absolute Gasteiger partial charge is 0.264 e. The van der Waals surface area contributed by atoms with Gasteiger partial charge in [0.2, 0.25) is 0 Å². The highest BCUT2D eigenvalue weighted by atomic mass is 16.5. The van der Waals surface area contributed by atoms with Gasteiger partial charge in [0, 0.05) is 18.7 Å². The van der Waals surface area contributed by atoms with Crippen LogP contribution in [-0.4, -0.2) is 37.6 Å². The quantitative estimate of drug-likeness (QED) is 0.633. The van der Waals surface area contributed by atoms with Gasteiger partial charge >= 0.3 is 0 Å². The van der Waals surface area contributed by atoms with E-state index in [-0.39, 0.29) is 11.5 Å². The molecule has 0 bridgehead atoms. The summed E-state index contributed by atoms with van der Waals surface area (Å²) in [5.41, 5.74) is 1.85. The van der Waals surface area contributed by atoms with Crippen molar-refractivity contribution in [1.29, 1.82) is 5.26 Å². The third kappa shape index (κ3) is 3.28. The van der Waals surface area contributed by atoms with Crippen LogP contribution in [0.1, 0.15) is 24.8 Å². The summed E-state index contributed by atoms with van der Waals surface area (Å²) in [5, 5.41) is 9.38. The molecule has 3 rings (SSSR count). The van der Waals surface area contributed by atoms with E-state index in [1.807, 2.05) is 30.3 Å². The van der Waals surface area contributed by atoms with Crippen LogP contribution in [0.4, 0.5) is 0 Å². The van der Waals surface area contributed by atoms with Gasteiger partial charge in [0.15, 0.2) is 11.5 Å². The number of rotatable bonds is 3. The molecule has 0 aliphatic carbocycles. The number of hydrogen-bond donors (Lipinski definition) is 0. The van der Waals surface area contributed by atoms with Crippen LogP contribution in [-0.2, 0) is 4.79 Å². The van der Waals surface area contributed by atoms with Gasteiger partial charge in [-0.05, 0) is 43.1 Å². The molecule has 2 aliphatic heterocycles. The van der Waals surface area contributed by atoms with E-state index in [1.54, 1.807) is 18.1 Å². The number of fused-ring (bicyclic) bond motifs is 1. The number of hydrogen-bond acceptors (Lipinski definition) is 4. The van der Waals surface area contributed by atoms with Crippen molar-refractivity contribution in [3.8, 4) is 17.6 Å². The topological polar surface area (TPSA) is 62.6 Å². The van der Waals surface area contributed by atoms with Crippen molar-refractivity contribution in [1.82, 2.24) is 4.90 Å². The molecule has 0 N–H and O–H groups in total. The molecule has 0 spiro atoms. The molecule has 1 saturated heterocycles. The SMILES string of the molecule is COc1cccc2c1OCC(/C=C(/C#N)C(=O)N1CCCCC1)=C2. The van der Waals surface area contributed by atoms with E-state index in [9.17, 15) is 10.1 Å². The molecule has 5 nitrogen and oxygen atoms in total. The maximum Gasteiger partial charge on any atom is 0.264 e. The first-order valence-electron chi connectivity index (χ1n) is 8.14. The third-order valence-corrected chi connectivity index (χ3v) is 4.28. The highest BCUT2D eigenvalue weighted by molar-refractivity contribution is 5.98. The van der Waals surface area contributed by atoms with Crippen LogP contribution in [0.5, 0.6) is 11.5 Å². The van der Waals surface area contributed by atoms with E-state index in [0.717, 1.165) is 43.5 Å². The molecule has 0 atom stereocenters. The predicted molar refractivity (Wildman–Crippen MR) is 90.6 cm³/mol. The molecule has 2 aliphatic rings. The Hall–Kier alpha value is -2.74. The van der Waals surface area contributed by atoms with Crippen LogP contribution in [0.25, 0.3) is 6.08 Å². The average molecular weight is 324 g/mol. The minimum absolute atomic E-state index is 0.165. The van der Waals surface area contributed by atoms with E-state index in [2.05, 4.69) is 0 Å². The minimum atomic E-state index is -0.186. The van der Waals surface area contributed by atoms with E-state index >= 15 is 0 Å². The van der Waals surface area contributed by atoms with Gasteiger partial charge in [0.05, 0.1) is 7.11 Å². The van der Waals surface area contributed by atoms with Crippen LogP contribution in [0.2, 0.25) is 0 Å². The molecule has 1 aromatic carbocycles. The first-order chi connectivity index (χ1) is 11.7. The molecule has 0 aromatic heterocycles. The zero-order chi connectivity index (χ0) is 16.9. The Morgan fingerprint density at radius 1 is 1.33 bits per heavy atom. The fourth-order valence-corrected chi connectivity index (χ4v) is 3.04. The van der Waals surface area contributed by atoms with Crippen molar-refractivity contribution in [2.45, 2.75) is 19.3 Å². The van der Waals surface area contributed by atoms with Gasteiger partial charge in [-0.3, -0.25) is 4.79 Å². The number of methoxy groups -OCH3 is 1. The fraction of sp³-hybridized carbons (Fsp3) is 0.368. The number of carbonyl (C=O) groups excluding carboxylic acids is 1. The molecule has 1 fully saturated rings. The molecule has 24 heavy (non-hydrogen) atoms. The number of ether oxygens (including phenoxy) is 2. The summed E-state index contributed by atoms with van der Waals surface area (Å²) in [5.74, 6) is 1.18. The maximum atomic E-state index is 12.5. The zero-order valence-corrected chi connectivity index (χ0v) is 13.7. The first-order valence-corrected chi connectivity index (χ1v) is 8.14. The lowest BCUT2D eigenvalue weighted by Gasteiger charge is -2.26. The number of para-hydroxylation sites is 1. The van der Waals surface area contributed by atoms with Crippen LogP contribution < -0.4 is 9.47 Å². The summed E-state index contributed by atoms with van der Waals surface area (Å²) in [4.78, 5) is 14.3. The molecule has 5 heteroatoms. The molecule has 1 amide bonds. The molecule has 2 heterocycles. The van der Waals surface area contributed by atoms with Crippen molar-refractivity contribution in [2.24, 2.45) is 0 Å². The third-order valence-electron chi connectivity index (χ3n) is 4.28. The fourth-order valence-electron chi connectivity index (χ4n) is 3.04. The van der Waals surface area contributed by atoms with Gasteiger partial charge in [-0.1, -0.05) is 12.1 Å². The second kappa shape index (κ2) is 7.22. The standard InChI is InChI=1S/C19H20N2O3/c1-23-17-7-5-6-15-10-14(13-24-18(15)17)11-16(12-20)19(22)21-8-3-2-4-9-21/h5-7,10-11H,2-4,8-9,13H2,1H3/b16-11-. The van der Waals surface area contributed by atoms with E-state index < -0.39 is 0 Å². The molecule has 1 aromatic rings. The van der Waals surface area contributed by atoms with E-state index in [1.165, 1.54) is 0 Å². The lowest BCUT2D eigenvalue weighted by Crippen LogP contribution is -2.36. The second-order valence-corrected chi connectivity index (χ2v) is 5.91. The number of amides is 1. The molecule has 0 radical (unpaired) electrons. The molecular formula is C19H20N2O3. The normalized spacial score (nSPS) is 17.2. The maximum absolute atomic E-state index is 12.5. The Morgan fingerprint density at radius 3 is 2.83 bits per heavy atom. The summed E-state index contributed by atoms with van der Waals surface area (Å²) >= 11 is 0. The van der Waals surface area contributed by atoms with Crippen LogP contribution in [0, 0.1) is 11.3 Å². The largest absolute Gasteiger partial charge is 0.493 e. The van der Waals surface area contributed by atoms with E-state index in [4.69, 9.17) is 9.47 Å². The second-order valence-electron chi connectivity index (χ2n) is 5.91. The van der Waals surface area contributed by atoms with Gasteiger partial charge in [-0.15, -0.1) is 0 Å².